The molecule has 0 aliphatic heterocycles. The SMILES string of the molecule is Cc1ccc(S(=O)(=O)N(CC(=O)N(Cc2ccc(Cl)c(Cl)c2)[C@H](Cc2ccccc2)C(=O)NCC(C)C)c2cccc(Cl)c2C)cc1. The van der Waals surface area contributed by atoms with E-state index in [-0.39, 0.29) is 35.4 Å². The number of carbonyl (C=O) groups excluding carboxylic acids is 2. The van der Waals surface area contributed by atoms with Crippen molar-refractivity contribution in [2.24, 2.45) is 5.92 Å². The van der Waals surface area contributed by atoms with E-state index in [1.54, 1.807) is 55.5 Å². The number of amides is 2. The molecule has 4 aromatic rings. The minimum Gasteiger partial charge on any atom is -0.354 e. The Labute approximate surface area is 292 Å². The number of hydrogen-bond acceptors (Lipinski definition) is 4. The monoisotopic (exact) mass is 713 g/mol. The molecule has 2 amide bonds. The van der Waals surface area contributed by atoms with Crippen LogP contribution < -0.4 is 9.62 Å². The average Bonchev–Trinajstić information content (AvgIpc) is 3.04. The molecule has 0 saturated heterocycles. The highest BCUT2D eigenvalue weighted by molar-refractivity contribution is 7.92. The van der Waals surface area contributed by atoms with Crippen LogP contribution in [0, 0.1) is 19.8 Å². The molecular formula is C36H38Cl3N3O4S. The van der Waals surface area contributed by atoms with Gasteiger partial charge in [0.1, 0.15) is 12.6 Å². The van der Waals surface area contributed by atoms with E-state index in [2.05, 4.69) is 5.32 Å². The highest BCUT2D eigenvalue weighted by Gasteiger charge is 2.35. The molecule has 0 aliphatic rings. The van der Waals surface area contributed by atoms with Gasteiger partial charge in [0.15, 0.2) is 0 Å². The molecule has 0 fully saturated rings. The summed E-state index contributed by atoms with van der Waals surface area (Å²) >= 11 is 19.0. The van der Waals surface area contributed by atoms with Gasteiger partial charge in [-0.15, -0.1) is 0 Å². The molecule has 47 heavy (non-hydrogen) atoms. The van der Waals surface area contributed by atoms with Gasteiger partial charge in [0.2, 0.25) is 11.8 Å². The minimum absolute atomic E-state index is 0.0156. The van der Waals surface area contributed by atoms with E-state index >= 15 is 0 Å². The van der Waals surface area contributed by atoms with Crippen molar-refractivity contribution in [2.45, 2.75) is 51.6 Å². The predicted octanol–water partition coefficient (Wildman–Crippen LogP) is 7.87. The van der Waals surface area contributed by atoms with Crippen molar-refractivity contribution in [3.8, 4) is 0 Å². The number of aryl methyl sites for hydroxylation is 1. The van der Waals surface area contributed by atoms with Crippen LogP contribution in [0.25, 0.3) is 0 Å². The second-order valence-electron chi connectivity index (χ2n) is 11.8. The smallest absolute Gasteiger partial charge is 0.264 e. The molecule has 1 N–H and O–H groups in total. The fourth-order valence-corrected chi connectivity index (χ4v) is 6.99. The van der Waals surface area contributed by atoms with Crippen LogP contribution in [0.5, 0.6) is 0 Å². The van der Waals surface area contributed by atoms with Crippen LogP contribution in [0.2, 0.25) is 15.1 Å². The summed E-state index contributed by atoms with van der Waals surface area (Å²) in [5.74, 6) is -0.786. The van der Waals surface area contributed by atoms with E-state index in [9.17, 15) is 18.0 Å². The zero-order valence-electron chi connectivity index (χ0n) is 26.7. The molecule has 0 saturated carbocycles. The molecule has 0 radical (unpaired) electrons. The fourth-order valence-electron chi connectivity index (χ4n) is 5.03. The van der Waals surface area contributed by atoms with Gasteiger partial charge in [0.25, 0.3) is 10.0 Å². The summed E-state index contributed by atoms with van der Waals surface area (Å²) in [7, 11) is -4.26. The Morgan fingerprint density at radius 3 is 2.11 bits per heavy atom. The Bertz CT molecular complexity index is 1820. The van der Waals surface area contributed by atoms with Crippen LogP contribution in [0.4, 0.5) is 5.69 Å². The van der Waals surface area contributed by atoms with Crippen LogP contribution in [-0.4, -0.2) is 44.3 Å². The number of benzene rings is 4. The Balaban J connectivity index is 1.84. The van der Waals surface area contributed by atoms with Crippen molar-refractivity contribution < 1.29 is 18.0 Å². The third-order valence-electron chi connectivity index (χ3n) is 7.69. The standard InChI is InChI=1S/C36H38Cl3N3O4S/c1-24(2)21-40-36(44)34(20-27-9-6-5-7-10-27)41(22-28-15-18-31(38)32(39)19-28)35(43)23-42(33-12-8-11-30(37)26(33)4)47(45,46)29-16-13-25(3)14-17-29/h5-19,24,34H,20-23H2,1-4H3,(H,40,44)/t34-/m1/s1. The van der Waals surface area contributed by atoms with Crippen LogP contribution in [0.1, 0.15) is 36.1 Å². The lowest BCUT2D eigenvalue weighted by Crippen LogP contribution is -2.53. The van der Waals surface area contributed by atoms with E-state index in [0.29, 0.717) is 32.7 Å². The zero-order chi connectivity index (χ0) is 34.3. The molecule has 0 aromatic heterocycles. The van der Waals surface area contributed by atoms with E-state index in [1.165, 1.54) is 17.0 Å². The number of hydrogen-bond donors (Lipinski definition) is 1. The first-order valence-corrected chi connectivity index (χ1v) is 17.7. The van der Waals surface area contributed by atoms with Crippen molar-refractivity contribution in [2.75, 3.05) is 17.4 Å². The van der Waals surface area contributed by atoms with Gasteiger partial charge in [-0.1, -0.05) is 109 Å². The van der Waals surface area contributed by atoms with Gasteiger partial charge in [0.05, 0.1) is 20.6 Å². The molecule has 7 nitrogen and oxygen atoms in total. The molecule has 0 spiro atoms. The van der Waals surface area contributed by atoms with E-state index < -0.39 is 28.5 Å². The number of rotatable bonds is 13. The molecule has 1 atom stereocenters. The molecule has 0 unspecified atom stereocenters. The first kappa shape index (κ1) is 36.3. The van der Waals surface area contributed by atoms with Gasteiger partial charge in [-0.25, -0.2) is 8.42 Å². The van der Waals surface area contributed by atoms with E-state index in [4.69, 9.17) is 34.8 Å². The van der Waals surface area contributed by atoms with E-state index in [1.807, 2.05) is 51.1 Å². The van der Waals surface area contributed by atoms with Crippen molar-refractivity contribution >= 4 is 62.3 Å². The molecule has 0 bridgehead atoms. The lowest BCUT2D eigenvalue weighted by Gasteiger charge is -2.34. The number of nitrogens with zero attached hydrogens (tertiary/aromatic N) is 2. The number of nitrogens with one attached hydrogen (secondary N) is 1. The molecule has 0 aliphatic carbocycles. The Morgan fingerprint density at radius 1 is 0.787 bits per heavy atom. The third-order valence-corrected chi connectivity index (χ3v) is 10.6. The molecule has 11 heteroatoms. The Kier molecular flexibility index (Phi) is 12.4. The predicted molar refractivity (Wildman–Crippen MR) is 191 cm³/mol. The van der Waals surface area contributed by atoms with Gasteiger partial charge in [-0.2, -0.15) is 0 Å². The van der Waals surface area contributed by atoms with Crippen molar-refractivity contribution in [3.05, 3.63) is 128 Å². The number of sulfonamides is 1. The van der Waals surface area contributed by atoms with Gasteiger partial charge in [0, 0.05) is 24.5 Å². The van der Waals surface area contributed by atoms with Gasteiger partial charge < -0.3 is 10.2 Å². The second kappa shape index (κ2) is 16.0. The topological polar surface area (TPSA) is 86.8 Å². The second-order valence-corrected chi connectivity index (χ2v) is 14.9. The number of anilines is 1. The van der Waals surface area contributed by atoms with Crippen LogP contribution >= 0.6 is 34.8 Å². The maximum atomic E-state index is 14.6. The van der Waals surface area contributed by atoms with Crippen LogP contribution in [0.3, 0.4) is 0 Å². The zero-order valence-corrected chi connectivity index (χ0v) is 29.8. The molecule has 4 rings (SSSR count). The summed E-state index contributed by atoms with van der Waals surface area (Å²) in [6.07, 6.45) is 0.193. The number of halogens is 3. The summed E-state index contributed by atoms with van der Waals surface area (Å²) in [5, 5.41) is 3.96. The maximum Gasteiger partial charge on any atom is 0.264 e. The normalized spacial score (nSPS) is 12.1. The third kappa shape index (κ3) is 9.29. The highest BCUT2D eigenvalue weighted by Crippen LogP contribution is 2.32. The molecule has 248 valence electrons. The minimum atomic E-state index is -4.26. The van der Waals surface area contributed by atoms with Crippen molar-refractivity contribution in [3.63, 3.8) is 0 Å². The number of carbonyl (C=O) groups is 2. The Morgan fingerprint density at radius 2 is 1.47 bits per heavy atom. The highest BCUT2D eigenvalue weighted by atomic mass is 35.5. The van der Waals surface area contributed by atoms with Crippen LogP contribution in [0.15, 0.2) is 95.9 Å². The summed E-state index contributed by atoms with van der Waals surface area (Å²) in [6.45, 7) is 7.28. The van der Waals surface area contributed by atoms with Crippen molar-refractivity contribution in [1.29, 1.82) is 0 Å². The molecule has 4 aromatic carbocycles. The molecule has 0 heterocycles. The van der Waals surface area contributed by atoms with Crippen LogP contribution in [-0.2, 0) is 32.6 Å². The summed E-state index contributed by atoms with van der Waals surface area (Å²) in [4.78, 5) is 30.0. The van der Waals surface area contributed by atoms with Crippen molar-refractivity contribution in [1.82, 2.24) is 10.2 Å². The lowest BCUT2D eigenvalue weighted by atomic mass is 10.0. The first-order chi connectivity index (χ1) is 22.3. The summed E-state index contributed by atoms with van der Waals surface area (Å²) in [5.41, 5.74) is 3.08. The van der Waals surface area contributed by atoms with Gasteiger partial charge in [-0.3, -0.25) is 13.9 Å². The molecular weight excluding hydrogens is 677 g/mol. The lowest BCUT2D eigenvalue weighted by molar-refractivity contribution is -0.140. The fraction of sp³-hybridized carbons (Fsp3) is 0.278. The Hall–Kier alpha value is -3.56. The largest absolute Gasteiger partial charge is 0.354 e. The average molecular weight is 715 g/mol. The summed E-state index contributed by atoms with van der Waals surface area (Å²) in [6, 6.07) is 24.7. The van der Waals surface area contributed by atoms with Gasteiger partial charge >= 0.3 is 0 Å². The first-order valence-electron chi connectivity index (χ1n) is 15.2. The maximum absolute atomic E-state index is 14.6. The van der Waals surface area contributed by atoms with E-state index in [0.717, 1.165) is 15.4 Å². The quantitative estimate of drug-likeness (QED) is 0.153. The van der Waals surface area contributed by atoms with Gasteiger partial charge in [-0.05, 0) is 72.9 Å². The summed E-state index contributed by atoms with van der Waals surface area (Å²) < 4.78 is 29.6.